The van der Waals surface area contributed by atoms with Gasteiger partial charge in [-0.25, -0.2) is 4.39 Å². The van der Waals surface area contributed by atoms with Crippen LogP contribution >= 0.6 is 0 Å². The molecule has 8 heteroatoms. The molecule has 1 fully saturated rings. The lowest BCUT2D eigenvalue weighted by molar-refractivity contribution is 0.0762. The number of anilines is 1. The van der Waals surface area contributed by atoms with Crippen LogP contribution in [0, 0.1) is 12.7 Å². The SMILES string of the molecule is Cc1nnc2ccc(N3CCCN(C(=O)c4ccccc4F)CC3)nn12. The summed E-state index contributed by atoms with van der Waals surface area (Å²) in [5, 5.41) is 12.7. The minimum Gasteiger partial charge on any atom is -0.353 e. The summed E-state index contributed by atoms with van der Waals surface area (Å²) < 4.78 is 15.6. The van der Waals surface area contributed by atoms with Crippen LogP contribution in [0.4, 0.5) is 10.2 Å². The fraction of sp³-hybridized carbons (Fsp3) is 0.333. The molecule has 4 rings (SSSR count). The fourth-order valence-corrected chi connectivity index (χ4v) is 3.21. The van der Waals surface area contributed by atoms with Crippen molar-refractivity contribution in [2.24, 2.45) is 0 Å². The van der Waals surface area contributed by atoms with Crippen molar-refractivity contribution in [3.63, 3.8) is 0 Å². The lowest BCUT2D eigenvalue weighted by Gasteiger charge is -2.23. The minimum absolute atomic E-state index is 0.126. The van der Waals surface area contributed by atoms with Gasteiger partial charge in [0.2, 0.25) is 0 Å². The molecule has 0 bridgehead atoms. The lowest BCUT2D eigenvalue weighted by atomic mass is 10.2. The molecule has 0 N–H and O–H groups in total. The Morgan fingerprint density at radius 1 is 1.04 bits per heavy atom. The average molecular weight is 354 g/mol. The van der Waals surface area contributed by atoms with E-state index in [1.54, 1.807) is 21.5 Å². The first-order chi connectivity index (χ1) is 12.6. The van der Waals surface area contributed by atoms with Crippen LogP contribution in [0.5, 0.6) is 0 Å². The Bertz CT molecular complexity index is 956. The van der Waals surface area contributed by atoms with Gasteiger partial charge in [-0.1, -0.05) is 12.1 Å². The van der Waals surface area contributed by atoms with Crippen LogP contribution < -0.4 is 4.90 Å². The molecule has 0 unspecified atom stereocenters. The molecule has 3 heterocycles. The molecule has 0 aliphatic carbocycles. The zero-order valence-electron chi connectivity index (χ0n) is 14.5. The standard InChI is InChI=1S/C18H19FN6O/c1-13-20-21-16-7-8-17(22-25(13)16)23-9-4-10-24(12-11-23)18(26)14-5-2-3-6-15(14)19/h2-3,5-8H,4,9-12H2,1H3. The van der Waals surface area contributed by atoms with Crippen molar-refractivity contribution >= 4 is 17.4 Å². The minimum atomic E-state index is -0.478. The Kier molecular flexibility index (Phi) is 4.24. The number of amides is 1. The van der Waals surface area contributed by atoms with Crippen LogP contribution in [-0.2, 0) is 0 Å². The third kappa shape index (κ3) is 2.98. The summed E-state index contributed by atoms with van der Waals surface area (Å²) >= 11 is 0. The number of fused-ring (bicyclic) bond motifs is 1. The Balaban J connectivity index is 1.51. The molecular formula is C18H19FN6O. The van der Waals surface area contributed by atoms with Crippen molar-refractivity contribution in [1.82, 2.24) is 24.7 Å². The van der Waals surface area contributed by atoms with Gasteiger partial charge in [-0.15, -0.1) is 15.3 Å². The highest BCUT2D eigenvalue weighted by Gasteiger charge is 2.23. The van der Waals surface area contributed by atoms with E-state index in [0.717, 1.165) is 24.6 Å². The summed E-state index contributed by atoms with van der Waals surface area (Å²) in [6, 6.07) is 9.92. The van der Waals surface area contributed by atoms with Gasteiger partial charge in [0.15, 0.2) is 11.5 Å². The first-order valence-corrected chi connectivity index (χ1v) is 8.61. The van der Waals surface area contributed by atoms with Gasteiger partial charge in [-0.05, 0) is 37.6 Å². The Hall–Kier alpha value is -3.03. The number of carbonyl (C=O) groups excluding carboxylic acids is 1. The molecule has 26 heavy (non-hydrogen) atoms. The number of rotatable bonds is 2. The number of carbonyl (C=O) groups is 1. The van der Waals surface area contributed by atoms with Gasteiger partial charge >= 0.3 is 0 Å². The third-order valence-electron chi connectivity index (χ3n) is 4.62. The summed E-state index contributed by atoms with van der Waals surface area (Å²) in [5.41, 5.74) is 0.832. The van der Waals surface area contributed by atoms with Crippen molar-refractivity contribution < 1.29 is 9.18 Å². The molecule has 1 aromatic carbocycles. The summed E-state index contributed by atoms with van der Waals surface area (Å²) in [6.45, 7) is 4.39. The molecule has 1 aliphatic heterocycles. The first kappa shape index (κ1) is 16.4. The average Bonchev–Trinajstić information content (AvgIpc) is 2.87. The number of aromatic nitrogens is 4. The zero-order valence-corrected chi connectivity index (χ0v) is 14.5. The molecule has 1 saturated heterocycles. The normalized spacial score (nSPS) is 15.3. The van der Waals surface area contributed by atoms with Crippen molar-refractivity contribution in [3.05, 3.63) is 53.6 Å². The smallest absolute Gasteiger partial charge is 0.256 e. The van der Waals surface area contributed by atoms with Gasteiger partial charge in [0.25, 0.3) is 5.91 Å². The van der Waals surface area contributed by atoms with Crippen LogP contribution in [0.1, 0.15) is 22.6 Å². The van der Waals surface area contributed by atoms with E-state index >= 15 is 0 Å². The highest BCUT2D eigenvalue weighted by Crippen LogP contribution is 2.17. The number of hydrogen-bond acceptors (Lipinski definition) is 5. The van der Waals surface area contributed by atoms with Gasteiger partial charge in [-0.2, -0.15) is 4.52 Å². The molecule has 134 valence electrons. The second kappa shape index (κ2) is 6.70. The summed E-state index contributed by atoms with van der Waals surface area (Å²) in [4.78, 5) is 16.5. The van der Waals surface area contributed by atoms with E-state index in [2.05, 4.69) is 20.2 Å². The van der Waals surface area contributed by atoms with E-state index < -0.39 is 5.82 Å². The summed E-state index contributed by atoms with van der Waals surface area (Å²) in [6.07, 6.45) is 0.793. The predicted octanol–water partition coefficient (Wildman–Crippen LogP) is 1.92. The van der Waals surface area contributed by atoms with Gasteiger partial charge in [0, 0.05) is 26.2 Å². The van der Waals surface area contributed by atoms with E-state index in [0.29, 0.717) is 25.3 Å². The first-order valence-electron chi connectivity index (χ1n) is 8.61. The quantitative estimate of drug-likeness (QED) is 0.703. The molecule has 1 aliphatic rings. The van der Waals surface area contributed by atoms with Gasteiger partial charge in [0.1, 0.15) is 11.6 Å². The number of nitrogens with zero attached hydrogens (tertiary/aromatic N) is 6. The lowest BCUT2D eigenvalue weighted by Crippen LogP contribution is -2.35. The molecule has 1 amide bonds. The van der Waals surface area contributed by atoms with Gasteiger partial charge in [-0.3, -0.25) is 4.79 Å². The van der Waals surface area contributed by atoms with Crippen LogP contribution in [-0.4, -0.2) is 56.8 Å². The fourth-order valence-electron chi connectivity index (χ4n) is 3.21. The van der Waals surface area contributed by atoms with E-state index in [4.69, 9.17) is 0 Å². The maximum absolute atomic E-state index is 13.9. The Morgan fingerprint density at radius 2 is 1.88 bits per heavy atom. The van der Waals surface area contributed by atoms with Crippen LogP contribution in [0.15, 0.2) is 36.4 Å². The van der Waals surface area contributed by atoms with Crippen molar-refractivity contribution in [3.8, 4) is 0 Å². The number of benzene rings is 1. The second-order valence-corrected chi connectivity index (χ2v) is 6.32. The second-order valence-electron chi connectivity index (χ2n) is 6.32. The Labute approximate surface area is 150 Å². The highest BCUT2D eigenvalue weighted by atomic mass is 19.1. The molecule has 3 aromatic rings. The van der Waals surface area contributed by atoms with E-state index in [9.17, 15) is 9.18 Å². The van der Waals surface area contributed by atoms with Gasteiger partial charge < -0.3 is 9.80 Å². The molecular weight excluding hydrogens is 335 g/mol. The third-order valence-corrected chi connectivity index (χ3v) is 4.62. The van der Waals surface area contributed by atoms with E-state index in [1.807, 2.05) is 19.1 Å². The maximum atomic E-state index is 13.9. The zero-order chi connectivity index (χ0) is 18.1. The topological polar surface area (TPSA) is 66.6 Å². The monoisotopic (exact) mass is 354 g/mol. The number of hydrogen-bond donors (Lipinski definition) is 0. The van der Waals surface area contributed by atoms with Crippen molar-refractivity contribution in [2.75, 3.05) is 31.1 Å². The molecule has 0 radical (unpaired) electrons. The number of halogens is 1. The molecule has 0 spiro atoms. The van der Waals surface area contributed by atoms with Crippen LogP contribution in [0.2, 0.25) is 0 Å². The van der Waals surface area contributed by atoms with Crippen LogP contribution in [0.3, 0.4) is 0 Å². The van der Waals surface area contributed by atoms with Crippen molar-refractivity contribution in [1.29, 1.82) is 0 Å². The highest BCUT2D eigenvalue weighted by molar-refractivity contribution is 5.94. The molecule has 0 saturated carbocycles. The molecule has 0 atom stereocenters. The van der Waals surface area contributed by atoms with Crippen LogP contribution in [0.25, 0.3) is 5.65 Å². The maximum Gasteiger partial charge on any atom is 0.256 e. The molecule has 2 aromatic heterocycles. The molecule has 7 nitrogen and oxygen atoms in total. The van der Waals surface area contributed by atoms with Crippen molar-refractivity contribution in [2.45, 2.75) is 13.3 Å². The van der Waals surface area contributed by atoms with E-state index in [1.165, 1.54) is 12.1 Å². The predicted molar refractivity (Wildman–Crippen MR) is 94.7 cm³/mol. The summed E-state index contributed by atoms with van der Waals surface area (Å²) in [7, 11) is 0. The van der Waals surface area contributed by atoms with E-state index in [-0.39, 0.29) is 11.5 Å². The van der Waals surface area contributed by atoms with Gasteiger partial charge in [0.05, 0.1) is 5.56 Å². The number of aryl methyl sites for hydroxylation is 1. The summed E-state index contributed by atoms with van der Waals surface area (Å²) in [5.74, 6) is 0.811. The Morgan fingerprint density at radius 3 is 2.73 bits per heavy atom. The largest absolute Gasteiger partial charge is 0.353 e.